The molecule has 0 aliphatic rings. The van der Waals surface area contributed by atoms with E-state index in [1.165, 1.54) is 12.3 Å². The lowest BCUT2D eigenvalue weighted by molar-refractivity contribution is 0.0688. The predicted molar refractivity (Wildman–Crippen MR) is 45.2 cm³/mol. The van der Waals surface area contributed by atoms with Gasteiger partial charge >= 0.3 is 5.97 Å². The van der Waals surface area contributed by atoms with Crippen LogP contribution in [0.15, 0.2) is 18.3 Å². The quantitative estimate of drug-likeness (QED) is 0.600. The van der Waals surface area contributed by atoms with Crippen LogP contribution in [0.3, 0.4) is 0 Å². The topological polar surface area (TPSA) is 96.4 Å². The molecule has 13 heavy (non-hydrogen) atoms. The van der Waals surface area contributed by atoms with Gasteiger partial charge in [-0.15, -0.1) is 0 Å². The Morgan fingerprint density at radius 2 is 2.38 bits per heavy atom. The average molecular weight is 182 g/mol. The molecule has 0 saturated heterocycles. The zero-order valence-electron chi connectivity index (χ0n) is 6.84. The Labute approximate surface area is 74.8 Å². The van der Waals surface area contributed by atoms with Crippen molar-refractivity contribution < 1.29 is 15.0 Å². The van der Waals surface area contributed by atoms with Gasteiger partial charge in [0.25, 0.3) is 0 Å². The highest BCUT2D eigenvalue weighted by atomic mass is 16.4. The van der Waals surface area contributed by atoms with Crippen molar-refractivity contribution >= 4 is 5.97 Å². The minimum atomic E-state index is -1.14. The van der Waals surface area contributed by atoms with E-state index in [-0.39, 0.29) is 12.3 Å². The maximum atomic E-state index is 10.6. The Kier molecular flexibility index (Phi) is 2.94. The van der Waals surface area contributed by atoms with Crippen LogP contribution in [-0.4, -0.2) is 27.8 Å². The van der Waals surface area contributed by atoms with E-state index in [0.717, 1.165) is 0 Å². The third kappa shape index (κ3) is 2.01. The van der Waals surface area contributed by atoms with Crippen molar-refractivity contribution in [3.8, 4) is 0 Å². The highest BCUT2D eigenvalue weighted by Gasteiger charge is 2.15. The fraction of sp³-hybridized carbons (Fsp3) is 0.250. The minimum absolute atomic E-state index is 0.107. The first-order valence-electron chi connectivity index (χ1n) is 3.71. The van der Waals surface area contributed by atoms with Gasteiger partial charge in [0.05, 0.1) is 12.6 Å². The second-order valence-corrected chi connectivity index (χ2v) is 2.54. The molecule has 0 bridgehead atoms. The van der Waals surface area contributed by atoms with Crippen molar-refractivity contribution in [1.82, 2.24) is 4.98 Å². The van der Waals surface area contributed by atoms with Crippen LogP contribution in [0.4, 0.5) is 0 Å². The zero-order valence-corrected chi connectivity index (χ0v) is 6.84. The lowest BCUT2D eigenvalue weighted by Crippen LogP contribution is -2.19. The lowest BCUT2D eigenvalue weighted by atomic mass is 10.1. The molecule has 5 nitrogen and oxygen atoms in total. The zero-order chi connectivity index (χ0) is 9.84. The summed E-state index contributed by atoms with van der Waals surface area (Å²) in [5.41, 5.74) is 5.72. The standard InChI is InChI=1S/C8H10N2O3/c9-6(4-11)5-2-1-3-10-7(5)8(12)13/h1-3,6,11H,4,9H2,(H,12,13)/t6-/m1/s1. The van der Waals surface area contributed by atoms with Gasteiger partial charge < -0.3 is 15.9 Å². The number of hydrogen-bond acceptors (Lipinski definition) is 4. The molecule has 0 aliphatic carbocycles. The van der Waals surface area contributed by atoms with Crippen molar-refractivity contribution in [2.24, 2.45) is 5.73 Å². The number of nitrogens with two attached hydrogens (primary N) is 1. The first kappa shape index (κ1) is 9.63. The summed E-state index contributed by atoms with van der Waals surface area (Å²) in [6.45, 7) is -0.300. The number of rotatable bonds is 3. The Morgan fingerprint density at radius 3 is 2.92 bits per heavy atom. The molecule has 0 spiro atoms. The van der Waals surface area contributed by atoms with Gasteiger partial charge in [0, 0.05) is 11.8 Å². The van der Waals surface area contributed by atoms with Gasteiger partial charge in [-0.1, -0.05) is 6.07 Å². The lowest BCUT2D eigenvalue weighted by Gasteiger charge is -2.09. The van der Waals surface area contributed by atoms with Crippen LogP contribution < -0.4 is 5.73 Å². The Hall–Kier alpha value is -1.46. The predicted octanol–water partition coefficient (Wildman–Crippen LogP) is -0.228. The summed E-state index contributed by atoms with van der Waals surface area (Å²) in [5.74, 6) is -1.14. The minimum Gasteiger partial charge on any atom is -0.477 e. The third-order valence-corrected chi connectivity index (χ3v) is 1.64. The summed E-state index contributed by atoms with van der Waals surface area (Å²) in [4.78, 5) is 14.3. The van der Waals surface area contributed by atoms with Crippen LogP contribution in [0, 0.1) is 0 Å². The number of nitrogens with zero attached hydrogens (tertiary/aromatic N) is 1. The number of pyridine rings is 1. The van der Waals surface area contributed by atoms with Gasteiger partial charge in [0.15, 0.2) is 5.69 Å². The molecule has 0 aromatic carbocycles. The molecule has 1 atom stereocenters. The van der Waals surface area contributed by atoms with E-state index in [1.54, 1.807) is 6.07 Å². The second kappa shape index (κ2) is 3.97. The van der Waals surface area contributed by atoms with Crippen LogP contribution in [0.1, 0.15) is 22.1 Å². The van der Waals surface area contributed by atoms with Crippen LogP contribution in [0.5, 0.6) is 0 Å². The van der Waals surface area contributed by atoms with Crippen molar-refractivity contribution in [2.45, 2.75) is 6.04 Å². The molecule has 1 aromatic rings. The third-order valence-electron chi connectivity index (χ3n) is 1.64. The molecule has 0 aliphatic heterocycles. The first-order chi connectivity index (χ1) is 6.16. The molecule has 4 N–H and O–H groups in total. The van der Waals surface area contributed by atoms with Crippen LogP contribution in [0.25, 0.3) is 0 Å². The molecule has 1 heterocycles. The number of aromatic nitrogens is 1. The number of aliphatic hydroxyl groups is 1. The Morgan fingerprint density at radius 1 is 1.69 bits per heavy atom. The Bertz CT molecular complexity index is 314. The van der Waals surface area contributed by atoms with E-state index in [0.29, 0.717) is 5.56 Å². The fourth-order valence-corrected chi connectivity index (χ4v) is 0.994. The monoisotopic (exact) mass is 182 g/mol. The van der Waals surface area contributed by atoms with Crippen LogP contribution in [-0.2, 0) is 0 Å². The molecule has 0 unspecified atom stereocenters. The van der Waals surface area contributed by atoms with E-state index in [2.05, 4.69) is 4.98 Å². The van der Waals surface area contributed by atoms with E-state index in [4.69, 9.17) is 15.9 Å². The van der Waals surface area contributed by atoms with E-state index in [1.807, 2.05) is 0 Å². The number of carboxylic acid groups (broad SMARTS) is 1. The number of carbonyl (C=O) groups is 1. The first-order valence-corrected chi connectivity index (χ1v) is 3.71. The van der Waals surface area contributed by atoms with Crippen molar-refractivity contribution in [2.75, 3.05) is 6.61 Å². The molecule has 1 aromatic heterocycles. The molecule has 5 heteroatoms. The molecule has 70 valence electrons. The summed E-state index contributed by atoms with van der Waals surface area (Å²) < 4.78 is 0. The summed E-state index contributed by atoms with van der Waals surface area (Å²) >= 11 is 0. The highest BCUT2D eigenvalue weighted by Crippen LogP contribution is 2.12. The van der Waals surface area contributed by atoms with E-state index in [9.17, 15) is 4.79 Å². The number of hydrogen-bond donors (Lipinski definition) is 3. The van der Waals surface area contributed by atoms with Crippen molar-refractivity contribution in [3.63, 3.8) is 0 Å². The van der Waals surface area contributed by atoms with Crippen molar-refractivity contribution in [3.05, 3.63) is 29.6 Å². The molecule has 0 saturated carbocycles. The van der Waals surface area contributed by atoms with Crippen LogP contribution >= 0.6 is 0 Å². The van der Waals surface area contributed by atoms with Gasteiger partial charge in [0.2, 0.25) is 0 Å². The number of aromatic carboxylic acids is 1. The molecule has 0 radical (unpaired) electrons. The summed E-state index contributed by atoms with van der Waals surface area (Å²) in [6, 6.07) is 2.43. The van der Waals surface area contributed by atoms with E-state index < -0.39 is 12.0 Å². The van der Waals surface area contributed by atoms with Gasteiger partial charge in [-0.05, 0) is 6.07 Å². The molecule has 0 amide bonds. The van der Waals surface area contributed by atoms with Gasteiger partial charge in [-0.2, -0.15) is 0 Å². The molecular weight excluding hydrogens is 172 g/mol. The fourth-order valence-electron chi connectivity index (χ4n) is 0.994. The van der Waals surface area contributed by atoms with Gasteiger partial charge in [0.1, 0.15) is 0 Å². The normalized spacial score (nSPS) is 12.5. The summed E-state index contributed by atoms with van der Waals surface area (Å²) in [6.07, 6.45) is 1.37. The maximum Gasteiger partial charge on any atom is 0.354 e. The number of carboxylic acids is 1. The second-order valence-electron chi connectivity index (χ2n) is 2.54. The van der Waals surface area contributed by atoms with Crippen LogP contribution in [0.2, 0.25) is 0 Å². The molecule has 0 fully saturated rings. The Balaban J connectivity index is 3.11. The average Bonchev–Trinajstić information content (AvgIpc) is 2.16. The molecule has 1 rings (SSSR count). The summed E-state index contributed by atoms with van der Waals surface area (Å²) in [5, 5.41) is 17.5. The summed E-state index contributed by atoms with van der Waals surface area (Å²) in [7, 11) is 0. The smallest absolute Gasteiger partial charge is 0.354 e. The maximum absolute atomic E-state index is 10.6. The number of aliphatic hydroxyl groups excluding tert-OH is 1. The van der Waals surface area contributed by atoms with Crippen molar-refractivity contribution in [1.29, 1.82) is 0 Å². The largest absolute Gasteiger partial charge is 0.477 e. The van der Waals surface area contributed by atoms with Gasteiger partial charge in [-0.25, -0.2) is 9.78 Å². The SMILES string of the molecule is N[C@H](CO)c1cccnc1C(=O)O. The van der Waals surface area contributed by atoms with E-state index >= 15 is 0 Å². The van der Waals surface area contributed by atoms with Gasteiger partial charge in [-0.3, -0.25) is 0 Å². The highest BCUT2D eigenvalue weighted by molar-refractivity contribution is 5.87. The molecular formula is C8H10N2O3.